The maximum Gasteiger partial charge on any atom is 0.254 e. The van der Waals surface area contributed by atoms with Gasteiger partial charge in [0.15, 0.2) is 0 Å². The van der Waals surface area contributed by atoms with E-state index in [1.54, 1.807) is 22.6 Å². The van der Waals surface area contributed by atoms with E-state index in [0.29, 0.717) is 30.4 Å². The van der Waals surface area contributed by atoms with Gasteiger partial charge in [0, 0.05) is 62.7 Å². The van der Waals surface area contributed by atoms with Crippen molar-refractivity contribution < 1.29 is 13.6 Å². The Labute approximate surface area is 186 Å². The third kappa shape index (κ3) is 4.21. The van der Waals surface area contributed by atoms with Gasteiger partial charge in [0.25, 0.3) is 5.56 Å². The smallest absolute Gasteiger partial charge is 0.254 e. The molecule has 0 bridgehead atoms. The van der Waals surface area contributed by atoms with Crippen molar-refractivity contribution in [3.05, 3.63) is 63.1 Å². The quantitative estimate of drug-likeness (QED) is 0.786. The van der Waals surface area contributed by atoms with Crippen molar-refractivity contribution in [3.63, 3.8) is 0 Å². The zero-order valence-corrected chi connectivity index (χ0v) is 19.0. The molecule has 0 unspecified atom stereocenters. The summed E-state index contributed by atoms with van der Waals surface area (Å²) in [5.41, 5.74) is 1.49. The first-order chi connectivity index (χ1) is 15.1. The highest BCUT2D eigenvalue weighted by Gasteiger charge is 2.41. The molecule has 6 nitrogen and oxygen atoms in total. The molecule has 3 heterocycles. The average Bonchev–Trinajstić information content (AvgIpc) is 2.98. The number of aromatic nitrogens is 1. The lowest BCUT2D eigenvalue weighted by Crippen LogP contribution is -2.52. The summed E-state index contributed by atoms with van der Waals surface area (Å²) >= 11 is 0. The van der Waals surface area contributed by atoms with Gasteiger partial charge in [0.1, 0.15) is 11.6 Å². The van der Waals surface area contributed by atoms with Crippen molar-refractivity contribution in [1.82, 2.24) is 14.8 Å². The fraction of sp³-hybridized carbons (Fsp3) is 0.500. The van der Waals surface area contributed by atoms with Crippen LogP contribution in [0.15, 0.2) is 29.1 Å². The highest BCUT2D eigenvalue weighted by atomic mass is 19.1. The Kier molecular flexibility index (Phi) is 5.94. The molecule has 0 saturated carbocycles. The van der Waals surface area contributed by atoms with Crippen molar-refractivity contribution in [3.8, 4) is 0 Å². The van der Waals surface area contributed by atoms with Crippen LogP contribution in [0.2, 0.25) is 0 Å². The highest BCUT2D eigenvalue weighted by molar-refractivity contribution is 5.97. The number of nitrogens with one attached hydrogen (secondary N) is 1. The second kappa shape index (κ2) is 8.41. The van der Waals surface area contributed by atoms with Gasteiger partial charge in [-0.15, -0.1) is 0 Å². The molecular weight excluding hydrogens is 414 g/mol. The summed E-state index contributed by atoms with van der Waals surface area (Å²) in [4.78, 5) is 30.3. The van der Waals surface area contributed by atoms with E-state index in [2.05, 4.69) is 17.1 Å². The lowest BCUT2D eigenvalue weighted by molar-refractivity contribution is -0.120. The second-order valence-corrected chi connectivity index (χ2v) is 9.63. The van der Waals surface area contributed by atoms with Gasteiger partial charge in [-0.1, -0.05) is 19.9 Å². The number of nitrogens with zero attached hydrogens (tertiary/aromatic N) is 3. The fourth-order valence-corrected chi connectivity index (χ4v) is 5.00. The Bertz CT molecular complexity index is 1110. The monoisotopic (exact) mass is 444 g/mol. The molecule has 0 spiro atoms. The summed E-state index contributed by atoms with van der Waals surface area (Å²) in [7, 11) is 1.69. The zero-order chi connectivity index (χ0) is 23.2. The predicted molar refractivity (Wildman–Crippen MR) is 120 cm³/mol. The molecule has 0 radical (unpaired) electrons. The summed E-state index contributed by atoms with van der Waals surface area (Å²) in [6, 6.07) is 5.41. The third-order valence-corrected chi connectivity index (χ3v) is 6.46. The van der Waals surface area contributed by atoms with Gasteiger partial charge in [-0.25, -0.2) is 8.78 Å². The molecule has 1 atom stereocenters. The Morgan fingerprint density at radius 2 is 1.97 bits per heavy atom. The number of pyridine rings is 1. The average molecular weight is 445 g/mol. The summed E-state index contributed by atoms with van der Waals surface area (Å²) in [6.07, 6.45) is 0.0316. The molecule has 4 rings (SSSR count). The Balaban J connectivity index is 1.68. The fourth-order valence-electron chi connectivity index (χ4n) is 5.00. The molecule has 1 fully saturated rings. The van der Waals surface area contributed by atoms with Crippen LogP contribution in [-0.4, -0.2) is 54.1 Å². The molecule has 1 aromatic carbocycles. The zero-order valence-electron chi connectivity index (χ0n) is 19.0. The van der Waals surface area contributed by atoms with Gasteiger partial charge in [-0.05, 0) is 24.6 Å². The first kappa shape index (κ1) is 22.6. The summed E-state index contributed by atoms with van der Waals surface area (Å²) in [5.74, 6) is -1.36. The number of anilines is 1. The van der Waals surface area contributed by atoms with Crippen LogP contribution in [0.25, 0.3) is 0 Å². The van der Waals surface area contributed by atoms with Crippen LogP contribution in [0.3, 0.4) is 0 Å². The Hall–Kier alpha value is -2.58. The molecule has 2 aliphatic heterocycles. The molecule has 1 aromatic heterocycles. The van der Waals surface area contributed by atoms with E-state index in [-0.39, 0.29) is 23.5 Å². The Morgan fingerprint density at radius 1 is 1.22 bits per heavy atom. The van der Waals surface area contributed by atoms with Crippen LogP contribution in [0.4, 0.5) is 14.5 Å². The number of benzene rings is 1. The van der Waals surface area contributed by atoms with Gasteiger partial charge < -0.3 is 14.8 Å². The molecule has 1 amide bonds. The van der Waals surface area contributed by atoms with Crippen LogP contribution in [0.1, 0.15) is 37.6 Å². The van der Waals surface area contributed by atoms with Gasteiger partial charge >= 0.3 is 0 Å². The first-order valence-corrected chi connectivity index (χ1v) is 11.0. The van der Waals surface area contributed by atoms with Crippen LogP contribution in [-0.2, 0) is 23.7 Å². The number of carbonyl (C=O) groups is 1. The van der Waals surface area contributed by atoms with E-state index < -0.39 is 17.0 Å². The lowest BCUT2D eigenvalue weighted by atomic mass is 9.90. The molecule has 1 saturated heterocycles. The van der Waals surface area contributed by atoms with Crippen molar-refractivity contribution in [2.24, 2.45) is 7.05 Å². The number of fused-ring (bicyclic) bond motifs is 1. The van der Waals surface area contributed by atoms with Crippen molar-refractivity contribution in [1.29, 1.82) is 0 Å². The van der Waals surface area contributed by atoms with Gasteiger partial charge in [0.2, 0.25) is 5.91 Å². The second-order valence-electron chi connectivity index (χ2n) is 9.63. The molecule has 0 aliphatic carbocycles. The normalized spacial score (nSPS) is 20.4. The number of carbonyl (C=O) groups excluding carboxylic acids is 1. The van der Waals surface area contributed by atoms with E-state index in [4.69, 9.17) is 0 Å². The van der Waals surface area contributed by atoms with Gasteiger partial charge in [-0.2, -0.15) is 0 Å². The van der Waals surface area contributed by atoms with Gasteiger partial charge in [-0.3, -0.25) is 14.5 Å². The van der Waals surface area contributed by atoms with Crippen LogP contribution in [0.5, 0.6) is 0 Å². The first-order valence-electron chi connectivity index (χ1n) is 11.0. The Morgan fingerprint density at radius 3 is 2.66 bits per heavy atom. The van der Waals surface area contributed by atoms with Crippen molar-refractivity contribution in [2.75, 3.05) is 37.6 Å². The maximum absolute atomic E-state index is 14.2. The van der Waals surface area contributed by atoms with Crippen molar-refractivity contribution >= 4 is 11.6 Å². The van der Waals surface area contributed by atoms with E-state index in [1.807, 2.05) is 13.8 Å². The molecule has 32 heavy (non-hydrogen) atoms. The van der Waals surface area contributed by atoms with E-state index in [1.165, 1.54) is 12.1 Å². The largest absolute Gasteiger partial charge is 0.313 e. The molecular formula is C24H30F2N4O2. The van der Waals surface area contributed by atoms with E-state index >= 15 is 0 Å². The van der Waals surface area contributed by atoms with Crippen LogP contribution in [0, 0.1) is 11.6 Å². The highest BCUT2D eigenvalue weighted by Crippen LogP contribution is 2.40. The number of hydrogen-bond acceptors (Lipinski definition) is 4. The lowest BCUT2D eigenvalue weighted by Gasteiger charge is -2.32. The predicted octanol–water partition coefficient (Wildman–Crippen LogP) is 2.17. The minimum Gasteiger partial charge on any atom is -0.313 e. The number of rotatable bonds is 4. The molecule has 172 valence electrons. The van der Waals surface area contributed by atoms with E-state index in [9.17, 15) is 18.4 Å². The SMILES string of the molecule is C[C@@H]1CN(CC(=O)N2CC(C)(C)c3c2cc(Cc2ccc(F)cc2F)c(=O)n3C)CCN1. The number of hydrogen-bond donors (Lipinski definition) is 1. The molecule has 2 aliphatic rings. The standard InChI is InChI=1S/C24H30F2N4O2/c1-15-12-29(8-7-27-15)13-21(31)30-14-24(2,3)22-20(30)10-17(23(32)28(22)4)9-16-5-6-18(25)11-19(16)26/h5-6,10-11,15,27H,7-9,12-14H2,1-4H3/t15-/m1/s1. The number of amides is 1. The maximum atomic E-state index is 14.2. The third-order valence-electron chi connectivity index (χ3n) is 6.46. The molecule has 2 aromatic rings. The minimum atomic E-state index is -0.686. The summed E-state index contributed by atoms with van der Waals surface area (Å²) in [6.45, 7) is 9.38. The molecule has 8 heteroatoms. The minimum absolute atomic E-state index is 0.0107. The van der Waals surface area contributed by atoms with Crippen molar-refractivity contribution in [2.45, 2.75) is 38.6 Å². The molecule has 1 N–H and O–H groups in total. The van der Waals surface area contributed by atoms with E-state index in [0.717, 1.165) is 31.4 Å². The summed E-state index contributed by atoms with van der Waals surface area (Å²) < 4.78 is 29.1. The summed E-state index contributed by atoms with van der Waals surface area (Å²) in [5, 5.41) is 3.38. The number of halogens is 2. The van der Waals surface area contributed by atoms with Crippen LogP contribution >= 0.6 is 0 Å². The van der Waals surface area contributed by atoms with Gasteiger partial charge in [0.05, 0.1) is 17.9 Å². The number of piperazine rings is 1. The van der Waals surface area contributed by atoms with Crippen LogP contribution < -0.4 is 15.8 Å². The topological polar surface area (TPSA) is 57.6 Å².